The van der Waals surface area contributed by atoms with Crippen LogP contribution in [0.15, 0.2) is 0 Å². The lowest BCUT2D eigenvalue weighted by Crippen LogP contribution is -2.44. The Morgan fingerprint density at radius 2 is 2.00 bits per heavy atom. The minimum atomic E-state index is -0.560. The van der Waals surface area contributed by atoms with Crippen molar-refractivity contribution in [1.82, 2.24) is 4.90 Å². The molecule has 1 aliphatic heterocycles. The molecule has 0 radical (unpaired) electrons. The van der Waals surface area contributed by atoms with E-state index in [2.05, 4.69) is 6.92 Å². The summed E-state index contributed by atoms with van der Waals surface area (Å²) in [5.74, 6) is 0.246. The summed E-state index contributed by atoms with van der Waals surface area (Å²) >= 11 is 0. The molecule has 2 fully saturated rings. The lowest BCUT2D eigenvalue weighted by atomic mass is 9.77. The molecule has 2 amide bonds. The molecule has 0 aromatic carbocycles. The third-order valence-corrected chi connectivity index (χ3v) is 4.93. The van der Waals surface area contributed by atoms with E-state index in [0.717, 1.165) is 19.3 Å². The lowest BCUT2D eigenvalue weighted by molar-refractivity contribution is -0.138. The number of nitrogens with zero attached hydrogens (tertiary/aromatic N) is 1. The van der Waals surface area contributed by atoms with Crippen molar-refractivity contribution in [1.29, 1.82) is 0 Å². The molecule has 0 aromatic rings. The summed E-state index contributed by atoms with van der Waals surface area (Å²) in [6.07, 6.45) is 3.45. The Hall–Kier alpha value is -1.10. The van der Waals surface area contributed by atoms with E-state index in [1.54, 1.807) is 0 Å². The van der Waals surface area contributed by atoms with Crippen molar-refractivity contribution in [3.63, 3.8) is 0 Å². The predicted octanol–water partition coefficient (Wildman–Crippen LogP) is 0.474. The summed E-state index contributed by atoms with van der Waals surface area (Å²) in [4.78, 5) is 25.8. The lowest BCUT2D eigenvalue weighted by Gasteiger charge is -2.34. The highest BCUT2D eigenvalue weighted by Gasteiger charge is 2.43. The molecule has 1 aliphatic carbocycles. The summed E-state index contributed by atoms with van der Waals surface area (Å²) in [7, 11) is 0. The van der Waals surface area contributed by atoms with E-state index >= 15 is 0 Å². The third kappa shape index (κ3) is 2.76. The average molecular weight is 267 g/mol. The van der Waals surface area contributed by atoms with Crippen LogP contribution in [0.25, 0.3) is 0 Å². The maximum absolute atomic E-state index is 12.6. The highest BCUT2D eigenvalue weighted by Crippen LogP contribution is 2.35. The summed E-state index contributed by atoms with van der Waals surface area (Å²) in [5, 5.41) is 0. The maximum atomic E-state index is 12.6. The first-order chi connectivity index (χ1) is 8.83. The van der Waals surface area contributed by atoms with Gasteiger partial charge in [-0.05, 0) is 38.5 Å². The van der Waals surface area contributed by atoms with E-state index < -0.39 is 5.41 Å². The largest absolute Gasteiger partial charge is 0.369 e. The zero-order valence-corrected chi connectivity index (χ0v) is 11.9. The zero-order valence-electron chi connectivity index (χ0n) is 11.9. The van der Waals surface area contributed by atoms with Crippen LogP contribution in [0, 0.1) is 17.3 Å². The molecule has 0 bridgehead atoms. The second-order valence-corrected chi connectivity index (χ2v) is 6.59. The average Bonchev–Trinajstić information content (AvgIpc) is 2.76. The van der Waals surface area contributed by atoms with Gasteiger partial charge in [-0.1, -0.05) is 6.92 Å². The third-order valence-electron chi connectivity index (χ3n) is 4.93. The second-order valence-electron chi connectivity index (χ2n) is 6.59. The van der Waals surface area contributed by atoms with Crippen molar-refractivity contribution in [2.45, 2.75) is 45.6 Å². The Bertz CT molecular complexity index is 385. The minimum absolute atomic E-state index is 0.0129. The maximum Gasteiger partial charge on any atom is 0.226 e. The number of hydrogen-bond acceptors (Lipinski definition) is 3. The first-order valence-corrected chi connectivity index (χ1v) is 7.18. The fourth-order valence-electron chi connectivity index (χ4n) is 3.28. The molecule has 19 heavy (non-hydrogen) atoms. The Kier molecular flexibility index (Phi) is 3.85. The van der Waals surface area contributed by atoms with Crippen molar-refractivity contribution >= 4 is 11.8 Å². The van der Waals surface area contributed by atoms with Crippen LogP contribution in [0.3, 0.4) is 0 Å². The van der Waals surface area contributed by atoms with Gasteiger partial charge in [-0.3, -0.25) is 9.59 Å². The molecular formula is C14H25N3O2. The molecule has 5 heteroatoms. The van der Waals surface area contributed by atoms with E-state index in [0.29, 0.717) is 25.4 Å². The standard InChI is InChI=1S/C14H25N3O2/c1-9-3-4-10(15)7-11(9)12(18)17-6-5-14(2,8-17)13(16)19/h9-11H,3-8,15H2,1-2H3,(H2,16,19). The van der Waals surface area contributed by atoms with Crippen LogP contribution in [-0.2, 0) is 9.59 Å². The normalized spacial score (nSPS) is 39.3. The number of carbonyl (C=O) groups is 2. The second kappa shape index (κ2) is 5.12. The van der Waals surface area contributed by atoms with Crippen LogP contribution >= 0.6 is 0 Å². The summed E-state index contributed by atoms with van der Waals surface area (Å²) in [6, 6.07) is 0.135. The van der Waals surface area contributed by atoms with Gasteiger partial charge in [0.05, 0.1) is 5.41 Å². The van der Waals surface area contributed by atoms with Gasteiger partial charge in [0.25, 0.3) is 0 Å². The molecule has 4 atom stereocenters. The fraction of sp³-hybridized carbons (Fsp3) is 0.857. The van der Waals surface area contributed by atoms with Crippen molar-refractivity contribution in [2.24, 2.45) is 28.7 Å². The van der Waals surface area contributed by atoms with Crippen LogP contribution in [0.4, 0.5) is 0 Å². The Morgan fingerprint density at radius 3 is 2.58 bits per heavy atom. The molecule has 108 valence electrons. The number of carbonyl (C=O) groups excluding carboxylic acids is 2. The Balaban J connectivity index is 2.03. The molecule has 0 aromatic heterocycles. The van der Waals surface area contributed by atoms with Gasteiger partial charge in [0.1, 0.15) is 0 Å². The van der Waals surface area contributed by atoms with Crippen molar-refractivity contribution in [2.75, 3.05) is 13.1 Å². The molecule has 1 saturated carbocycles. The first-order valence-electron chi connectivity index (χ1n) is 7.18. The molecule has 5 nitrogen and oxygen atoms in total. The highest BCUT2D eigenvalue weighted by atomic mass is 16.2. The number of amides is 2. The van der Waals surface area contributed by atoms with Crippen LogP contribution in [-0.4, -0.2) is 35.8 Å². The Morgan fingerprint density at radius 1 is 1.32 bits per heavy atom. The predicted molar refractivity (Wildman–Crippen MR) is 73.0 cm³/mol. The van der Waals surface area contributed by atoms with Gasteiger partial charge in [0, 0.05) is 25.0 Å². The molecule has 4 unspecified atom stereocenters. The van der Waals surface area contributed by atoms with E-state index in [-0.39, 0.29) is 23.8 Å². The molecule has 0 spiro atoms. The number of primary amides is 1. The molecule has 1 saturated heterocycles. The van der Waals surface area contributed by atoms with Crippen molar-refractivity contribution in [3.05, 3.63) is 0 Å². The highest BCUT2D eigenvalue weighted by molar-refractivity contribution is 5.84. The van der Waals surface area contributed by atoms with E-state index in [1.165, 1.54) is 0 Å². The SMILES string of the molecule is CC1CCC(N)CC1C(=O)N1CCC(C)(C(N)=O)C1. The first kappa shape index (κ1) is 14.3. The zero-order chi connectivity index (χ0) is 14.2. The molecule has 2 aliphatic rings. The van der Waals surface area contributed by atoms with Gasteiger partial charge in [-0.15, -0.1) is 0 Å². The molecule has 4 N–H and O–H groups in total. The monoisotopic (exact) mass is 267 g/mol. The Labute approximate surface area is 114 Å². The minimum Gasteiger partial charge on any atom is -0.369 e. The molecule has 1 heterocycles. The number of rotatable bonds is 2. The van der Waals surface area contributed by atoms with Gasteiger partial charge in [0.15, 0.2) is 0 Å². The topological polar surface area (TPSA) is 89.4 Å². The fourth-order valence-corrected chi connectivity index (χ4v) is 3.28. The summed E-state index contributed by atoms with van der Waals surface area (Å²) in [6.45, 7) is 5.06. The van der Waals surface area contributed by atoms with Gasteiger partial charge in [0.2, 0.25) is 11.8 Å². The van der Waals surface area contributed by atoms with E-state index in [9.17, 15) is 9.59 Å². The van der Waals surface area contributed by atoms with E-state index in [1.807, 2.05) is 11.8 Å². The summed E-state index contributed by atoms with van der Waals surface area (Å²) in [5.41, 5.74) is 10.8. The van der Waals surface area contributed by atoms with Gasteiger partial charge in [-0.25, -0.2) is 0 Å². The van der Waals surface area contributed by atoms with Gasteiger partial charge in [-0.2, -0.15) is 0 Å². The van der Waals surface area contributed by atoms with Gasteiger partial charge >= 0.3 is 0 Å². The van der Waals surface area contributed by atoms with E-state index in [4.69, 9.17) is 11.5 Å². The number of nitrogens with two attached hydrogens (primary N) is 2. The summed E-state index contributed by atoms with van der Waals surface area (Å²) < 4.78 is 0. The van der Waals surface area contributed by atoms with Gasteiger partial charge < -0.3 is 16.4 Å². The van der Waals surface area contributed by atoms with Crippen LogP contribution in [0.5, 0.6) is 0 Å². The van der Waals surface area contributed by atoms with Crippen molar-refractivity contribution in [3.8, 4) is 0 Å². The quantitative estimate of drug-likeness (QED) is 0.762. The van der Waals surface area contributed by atoms with Crippen molar-refractivity contribution < 1.29 is 9.59 Å². The van der Waals surface area contributed by atoms with Crippen LogP contribution < -0.4 is 11.5 Å². The number of hydrogen-bond donors (Lipinski definition) is 2. The molecular weight excluding hydrogens is 242 g/mol. The smallest absolute Gasteiger partial charge is 0.226 e. The molecule has 2 rings (SSSR count). The van der Waals surface area contributed by atoms with Crippen LogP contribution in [0.1, 0.15) is 39.5 Å². The van der Waals surface area contributed by atoms with Crippen LogP contribution in [0.2, 0.25) is 0 Å². The number of likely N-dealkylation sites (tertiary alicyclic amines) is 1.